The van der Waals surface area contributed by atoms with Crippen LogP contribution in [-0.2, 0) is 0 Å². The van der Waals surface area contributed by atoms with Gasteiger partial charge in [-0.2, -0.15) is 0 Å². The molecular weight excluding hydrogens is 136 g/mol. The number of hydrogen-bond acceptors (Lipinski definition) is 2. The summed E-state index contributed by atoms with van der Waals surface area (Å²) in [6.07, 6.45) is 0. The van der Waals surface area contributed by atoms with Crippen LogP contribution in [0.1, 0.15) is 18.3 Å². The molecule has 0 aliphatic carbocycles. The molecule has 0 saturated carbocycles. The summed E-state index contributed by atoms with van der Waals surface area (Å²) < 4.78 is 0. The maximum Gasteiger partial charge on any atom is 0.0840 e. The van der Waals surface area contributed by atoms with E-state index < -0.39 is 0 Å². The highest BCUT2D eigenvalue weighted by Gasteiger charge is 1.95. The van der Waals surface area contributed by atoms with E-state index in [0.717, 1.165) is 17.1 Å². The SMILES string of the molecule is CN=C(C)c1cccc(C)n1. The monoisotopic (exact) mass is 148 g/mol. The van der Waals surface area contributed by atoms with Crippen LogP contribution in [-0.4, -0.2) is 17.7 Å². The van der Waals surface area contributed by atoms with Crippen LogP contribution < -0.4 is 0 Å². The first kappa shape index (κ1) is 7.92. The summed E-state index contributed by atoms with van der Waals surface area (Å²) in [6, 6.07) is 5.94. The van der Waals surface area contributed by atoms with Crippen LogP contribution in [0.2, 0.25) is 0 Å². The summed E-state index contributed by atoms with van der Waals surface area (Å²) in [5.74, 6) is 0. The molecule has 0 saturated heterocycles. The molecule has 58 valence electrons. The standard InChI is InChI=1S/C9H12N2/c1-7-5-4-6-9(11-7)8(2)10-3/h4-6H,1-3H3. The summed E-state index contributed by atoms with van der Waals surface area (Å²) in [7, 11) is 1.78. The molecule has 1 heterocycles. The van der Waals surface area contributed by atoms with Gasteiger partial charge in [-0.1, -0.05) is 6.07 Å². The van der Waals surface area contributed by atoms with Gasteiger partial charge in [0.05, 0.1) is 11.4 Å². The lowest BCUT2D eigenvalue weighted by molar-refractivity contribution is 1.17. The molecule has 2 nitrogen and oxygen atoms in total. The average molecular weight is 148 g/mol. The first-order valence-electron chi connectivity index (χ1n) is 3.61. The molecule has 0 radical (unpaired) electrons. The molecule has 0 aliphatic rings. The van der Waals surface area contributed by atoms with Crippen LogP contribution in [0, 0.1) is 6.92 Å². The summed E-state index contributed by atoms with van der Waals surface area (Å²) in [5, 5.41) is 0. The van der Waals surface area contributed by atoms with Gasteiger partial charge >= 0.3 is 0 Å². The van der Waals surface area contributed by atoms with E-state index in [-0.39, 0.29) is 0 Å². The minimum absolute atomic E-state index is 0.965. The Hall–Kier alpha value is -1.18. The quantitative estimate of drug-likeness (QED) is 0.558. The van der Waals surface area contributed by atoms with Gasteiger partial charge in [-0.25, -0.2) is 0 Å². The fourth-order valence-corrected chi connectivity index (χ4v) is 0.859. The summed E-state index contributed by atoms with van der Waals surface area (Å²) >= 11 is 0. The van der Waals surface area contributed by atoms with E-state index in [0.29, 0.717) is 0 Å². The Labute approximate surface area is 67.0 Å². The van der Waals surface area contributed by atoms with Crippen molar-refractivity contribution in [2.24, 2.45) is 4.99 Å². The number of aromatic nitrogens is 1. The van der Waals surface area contributed by atoms with Gasteiger partial charge in [-0.3, -0.25) is 9.98 Å². The van der Waals surface area contributed by atoms with Crippen LogP contribution in [0.3, 0.4) is 0 Å². The van der Waals surface area contributed by atoms with E-state index in [4.69, 9.17) is 0 Å². The Morgan fingerprint density at radius 2 is 2.18 bits per heavy atom. The highest BCUT2D eigenvalue weighted by molar-refractivity contribution is 5.96. The molecule has 2 heteroatoms. The molecule has 1 aromatic heterocycles. The van der Waals surface area contributed by atoms with Gasteiger partial charge in [0, 0.05) is 12.7 Å². The zero-order chi connectivity index (χ0) is 8.27. The summed E-state index contributed by atoms with van der Waals surface area (Å²) in [6.45, 7) is 3.94. The molecule has 11 heavy (non-hydrogen) atoms. The maximum absolute atomic E-state index is 4.31. The third-order valence-electron chi connectivity index (χ3n) is 1.59. The van der Waals surface area contributed by atoms with E-state index in [9.17, 15) is 0 Å². The highest BCUT2D eigenvalue weighted by Crippen LogP contribution is 1.99. The number of aliphatic imine (C=N–C) groups is 1. The van der Waals surface area contributed by atoms with Crippen molar-refractivity contribution in [2.45, 2.75) is 13.8 Å². The van der Waals surface area contributed by atoms with Gasteiger partial charge in [0.15, 0.2) is 0 Å². The van der Waals surface area contributed by atoms with Gasteiger partial charge in [0.25, 0.3) is 0 Å². The van der Waals surface area contributed by atoms with Crippen molar-refractivity contribution in [2.75, 3.05) is 7.05 Å². The first-order chi connectivity index (χ1) is 5.24. The Bertz CT molecular complexity index is 277. The second-order valence-corrected chi connectivity index (χ2v) is 2.47. The van der Waals surface area contributed by atoms with Crippen LogP contribution in [0.5, 0.6) is 0 Å². The van der Waals surface area contributed by atoms with E-state index >= 15 is 0 Å². The maximum atomic E-state index is 4.31. The lowest BCUT2D eigenvalue weighted by Gasteiger charge is -1.98. The van der Waals surface area contributed by atoms with Crippen molar-refractivity contribution < 1.29 is 0 Å². The van der Waals surface area contributed by atoms with Crippen molar-refractivity contribution in [3.63, 3.8) is 0 Å². The number of rotatable bonds is 1. The normalized spacial score (nSPS) is 11.7. The van der Waals surface area contributed by atoms with Gasteiger partial charge in [-0.05, 0) is 26.0 Å². The predicted molar refractivity (Wildman–Crippen MR) is 47.1 cm³/mol. The number of aryl methyl sites for hydroxylation is 1. The Morgan fingerprint density at radius 3 is 2.73 bits per heavy atom. The average Bonchev–Trinajstić information content (AvgIpc) is 2.03. The van der Waals surface area contributed by atoms with Crippen molar-refractivity contribution in [1.82, 2.24) is 4.98 Å². The second kappa shape index (κ2) is 3.28. The molecule has 0 N–H and O–H groups in total. The van der Waals surface area contributed by atoms with Gasteiger partial charge in [-0.15, -0.1) is 0 Å². The number of pyridine rings is 1. The molecule has 0 spiro atoms. The van der Waals surface area contributed by atoms with Crippen molar-refractivity contribution in [3.8, 4) is 0 Å². The Morgan fingerprint density at radius 1 is 1.45 bits per heavy atom. The summed E-state index contributed by atoms with van der Waals surface area (Å²) in [5.41, 5.74) is 2.98. The predicted octanol–water partition coefficient (Wildman–Crippen LogP) is 1.83. The molecule has 0 amide bonds. The van der Waals surface area contributed by atoms with Crippen molar-refractivity contribution in [3.05, 3.63) is 29.6 Å². The van der Waals surface area contributed by atoms with Gasteiger partial charge in [0.1, 0.15) is 0 Å². The fraction of sp³-hybridized carbons (Fsp3) is 0.333. The van der Waals surface area contributed by atoms with Crippen molar-refractivity contribution >= 4 is 5.71 Å². The molecular formula is C9H12N2. The molecule has 1 aromatic rings. The first-order valence-corrected chi connectivity index (χ1v) is 3.61. The second-order valence-electron chi connectivity index (χ2n) is 2.47. The molecule has 1 rings (SSSR count). The minimum Gasteiger partial charge on any atom is -0.291 e. The Kier molecular flexibility index (Phi) is 2.36. The molecule has 0 atom stereocenters. The third-order valence-corrected chi connectivity index (χ3v) is 1.59. The zero-order valence-electron chi connectivity index (χ0n) is 7.13. The Balaban J connectivity index is 3.06. The van der Waals surface area contributed by atoms with Crippen LogP contribution in [0.15, 0.2) is 23.2 Å². The molecule has 0 bridgehead atoms. The largest absolute Gasteiger partial charge is 0.291 e. The lowest BCUT2D eigenvalue weighted by Crippen LogP contribution is -1.98. The highest BCUT2D eigenvalue weighted by atomic mass is 14.8. The number of hydrogen-bond donors (Lipinski definition) is 0. The van der Waals surface area contributed by atoms with Crippen molar-refractivity contribution in [1.29, 1.82) is 0 Å². The molecule has 0 aromatic carbocycles. The smallest absolute Gasteiger partial charge is 0.0840 e. The van der Waals surface area contributed by atoms with Crippen LogP contribution in [0.4, 0.5) is 0 Å². The van der Waals surface area contributed by atoms with E-state index in [2.05, 4.69) is 9.98 Å². The van der Waals surface area contributed by atoms with E-state index in [1.807, 2.05) is 32.0 Å². The molecule has 0 unspecified atom stereocenters. The minimum atomic E-state index is 0.965. The summed E-state index contributed by atoms with van der Waals surface area (Å²) in [4.78, 5) is 8.37. The lowest BCUT2D eigenvalue weighted by atomic mass is 10.2. The third kappa shape index (κ3) is 1.87. The van der Waals surface area contributed by atoms with Crippen LogP contribution >= 0.6 is 0 Å². The molecule has 0 fully saturated rings. The molecule has 0 aliphatic heterocycles. The number of nitrogens with zero attached hydrogens (tertiary/aromatic N) is 2. The fourth-order valence-electron chi connectivity index (χ4n) is 0.859. The van der Waals surface area contributed by atoms with E-state index in [1.165, 1.54) is 0 Å². The van der Waals surface area contributed by atoms with E-state index in [1.54, 1.807) is 7.05 Å². The van der Waals surface area contributed by atoms with Gasteiger partial charge < -0.3 is 0 Å². The van der Waals surface area contributed by atoms with Crippen LogP contribution in [0.25, 0.3) is 0 Å². The topological polar surface area (TPSA) is 25.2 Å². The zero-order valence-corrected chi connectivity index (χ0v) is 7.13. The van der Waals surface area contributed by atoms with Gasteiger partial charge in [0.2, 0.25) is 0 Å².